The molecule has 0 aliphatic carbocycles. The van der Waals surface area contributed by atoms with E-state index >= 15 is 0 Å². The minimum atomic E-state index is 0.647. The predicted octanol–water partition coefficient (Wildman–Crippen LogP) is 2.08. The fraction of sp³-hybridized carbons (Fsp3) is 1.00. The Morgan fingerprint density at radius 3 is 2.17 bits per heavy atom. The highest BCUT2D eigenvalue weighted by Crippen LogP contribution is 2.04. The van der Waals surface area contributed by atoms with Gasteiger partial charge in [-0.2, -0.15) is 0 Å². The van der Waals surface area contributed by atoms with Crippen LogP contribution < -0.4 is 5.32 Å². The van der Waals surface area contributed by atoms with Crippen molar-refractivity contribution in [2.45, 2.75) is 33.1 Å². The molecule has 0 atom stereocenters. The molecule has 18 heavy (non-hydrogen) atoms. The van der Waals surface area contributed by atoms with Crippen molar-refractivity contribution in [3.8, 4) is 0 Å². The smallest absolute Gasteiger partial charge is 0.0701 e. The van der Waals surface area contributed by atoms with Gasteiger partial charge in [0.1, 0.15) is 0 Å². The van der Waals surface area contributed by atoms with Crippen LogP contribution in [0.4, 0.5) is 0 Å². The lowest BCUT2D eigenvalue weighted by Crippen LogP contribution is -2.22. The highest BCUT2D eigenvalue weighted by atomic mass is 16.5. The van der Waals surface area contributed by atoms with Crippen LogP contribution in [0.1, 0.15) is 33.1 Å². The highest BCUT2D eigenvalue weighted by molar-refractivity contribution is 4.50. The zero-order chi connectivity index (χ0) is 13.5. The summed E-state index contributed by atoms with van der Waals surface area (Å²) >= 11 is 0. The first-order valence-corrected chi connectivity index (χ1v) is 7.12. The van der Waals surface area contributed by atoms with Gasteiger partial charge in [-0.05, 0) is 18.9 Å². The monoisotopic (exact) mass is 261 g/mol. The summed E-state index contributed by atoms with van der Waals surface area (Å²) in [5.74, 6) is 0.825. The predicted molar refractivity (Wildman–Crippen MR) is 75.1 cm³/mol. The Kier molecular flexibility index (Phi) is 14.8. The van der Waals surface area contributed by atoms with Gasteiger partial charge in [-0.25, -0.2) is 0 Å². The number of methoxy groups -OCH3 is 1. The number of unbranched alkanes of at least 4 members (excludes halogenated alkanes) is 1. The van der Waals surface area contributed by atoms with Crippen molar-refractivity contribution in [1.29, 1.82) is 0 Å². The first-order valence-electron chi connectivity index (χ1n) is 7.12. The maximum absolute atomic E-state index is 5.43. The summed E-state index contributed by atoms with van der Waals surface area (Å²) in [7, 11) is 1.67. The van der Waals surface area contributed by atoms with Crippen molar-refractivity contribution in [3.63, 3.8) is 0 Å². The van der Waals surface area contributed by atoms with Gasteiger partial charge in [-0.15, -0.1) is 0 Å². The molecule has 0 rings (SSSR count). The van der Waals surface area contributed by atoms with Crippen molar-refractivity contribution in [2.24, 2.45) is 5.92 Å². The van der Waals surface area contributed by atoms with Crippen molar-refractivity contribution in [1.82, 2.24) is 5.32 Å². The van der Waals surface area contributed by atoms with Crippen LogP contribution in [0.2, 0.25) is 0 Å². The molecule has 0 heterocycles. The molecular formula is C14H31NO3. The van der Waals surface area contributed by atoms with Crippen LogP contribution in [-0.2, 0) is 14.2 Å². The van der Waals surface area contributed by atoms with Crippen LogP contribution in [0, 0.1) is 5.92 Å². The summed E-state index contributed by atoms with van der Waals surface area (Å²) in [6.07, 6.45) is 3.91. The number of nitrogens with one attached hydrogen (secondary N) is 1. The molecule has 0 aromatic rings. The second kappa shape index (κ2) is 14.9. The van der Waals surface area contributed by atoms with Crippen molar-refractivity contribution >= 4 is 0 Å². The number of hydrogen-bond acceptors (Lipinski definition) is 4. The standard InChI is InChI=1S/C14H31NO3/c1-14(2)6-4-5-7-15-8-9-17-12-13-18-11-10-16-3/h14-15H,4-13H2,1-3H3. The summed E-state index contributed by atoms with van der Waals surface area (Å²) in [5, 5.41) is 3.38. The number of rotatable bonds is 14. The minimum absolute atomic E-state index is 0.647. The quantitative estimate of drug-likeness (QED) is 0.486. The van der Waals surface area contributed by atoms with E-state index < -0.39 is 0 Å². The zero-order valence-electron chi connectivity index (χ0n) is 12.4. The molecule has 110 valence electrons. The summed E-state index contributed by atoms with van der Waals surface area (Å²) in [6.45, 7) is 9.95. The Bertz CT molecular complexity index is 154. The molecule has 0 fully saturated rings. The Balaban J connectivity index is 2.90. The average molecular weight is 261 g/mol. The second-order valence-electron chi connectivity index (χ2n) is 4.86. The Morgan fingerprint density at radius 1 is 0.833 bits per heavy atom. The number of ether oxygens (including phenoxy) is 3. The molecule has 0 amide bonds. The fourth-order valence-electron chi connectivity index (χ4n) is 1.54. The molecule has 0 aromatic heterocycles. The summed E-state index contributed by atoms with van der Waals surface area (Å²) in [5.41, 5.74) is 0. The lowest BCUT2D eigenvalue weighted by Gasteiger charge is -2.07. The lowest BCUT2D eigenvalue weighted by molar-refractivity contribution is 0.0256. The first kappa shape index (κ1) is 17.8. The van der Waals surface area contributed by atoms with Crippen molar-refractivity contribution < 1.29 is 14.2 Å². The van der Waals surface area contributed by atoms with Gasteiger partial charge in [0.15, 0.2) is 0 Å². The molecule has 0 aliphatic heterocycles. The normalized spacial score (nSPS) is 11.3. The highest BCUT2D eigenvalue weighted by Gasteiger charge is 1.94. The average Bonchev–Trinajstić information content (AvgIpc) is 2.34. The van der Waals surface area contributed by atoms with E-state index in [9.17, 15) is 0 Å². The van der Waals surface area contributed by atoms with Gasteiger partial charge < -0.3 is 19.5 Å². The van der Waals surface area contributed by atoms with Crippen LogP contribution in [0.15, 0.2) is 0 Å². The molecular weight excluding hydrogens is 230 g/mol. The molecule has 0 saturated carbocycles. The molecule has 1 N–H and O–H groups in total. The van der Waals surface area contributed by atoms with Gasteiger partial charge in [0.25, 0.3) is 0 Å². The van der Waals surface area contributed by atoms with E-state index in [0.717, 1.165) is 25.6 Å². The van der Waals surface area contributed by atoms with Crippen LogP contribution in [-0.4, -0.2) is 53.2 Å². The molecule has 0 unspecified atom stereocenters. The van der Waals surface area contributed by atoms with E-state index in [1.807, 2.05) is 0 Å². The van der Waals surface area contributed by atoms with Gasteiger partial charge in [0.2, 0.25) is 0 Å². The van der Waals surface area contributed by atoms with E-state index in [-0.39, 0.29) is 0 Å². The van der Waals surface area contributed by atoms with Gasteiger partial charge >= 0.3 is 0 Å². The van der Waals surface area contributed by atoms with E-state index in [2.05, 4.69) is 19.2 Å². The summed E-state index contributed by atoms with van der Waals surface area (Å²) < 4.78 is 15.6. The molecule has 0 spiro atoms. The van der Waals surface area contributed by atoms with Crippen LogP contribution in [0.3, 0.4) is 0 Å². The first-order chi connectivity index (χ1) is 8.77. The maximum Gasteiger partial charge on any atom is 0.0701 e. The van der Waals surface area contributed by atoms with E-state index in [0.29, 0.717) is 26.4 Å². The lowest BCUT2D eigenvalue weighted by atomic mass is 10.1. The van der Waals surface area contributed by atoms with Crippen LogP contribution in [0.5, 0.6) is 0 Å². The Hall–Kier alpha value is -0.160. The molecule has 0 radical (unpaired) electrons. The third kappa shape index (κ3) is 15.8. The molecule has 0 aromatic carbocycles. The van der Waals surface area contributed by atoms with Gasteiger partial charge in [-0.3, -0.25) is 0 Å². The third-order valence-corrected chi connectivity index (χ3v) is 2.61. The van der Waals surface area contributed by atoms with E-state index in [4.69, 9.17) is 14.2 Å². The second-order valence-corrected chi connectivity index (χ2v) is 4.86. The maximum atomic E-state index is 5.43. The summed E-state index contributed by atoms with van der Waals surface area (Å²) in [4.78, 5) is 0. The van der Waals surface area contributed by atoms with E-state index in [1.165, 1.54) is 19.3 Å². The van der Waals surface area contributed by atoms with Crippen LogP contribution in [0.25, 0.3) is 0 Å². The third-order valence-electron chi connectivity index (χ3n) is 2.61. The molecule has 0 aliphatic rings. The largest absolute Gasteiger partial charge is 0.382 e. The van der Waals surface area contributed by atoms with Gasteiger partial charge in [-0.1, -0.05) is 26.7 Å². The van der Waals surface area contributed by atoms with Crippen molar-refractivity contribution in [3.05, 3.63) is 0 Å². The van der Waals surface area contributed by atoms with Gasteiger partial charge in [0, 0.05) is 13.7 Å². The molecule has 0 bridgehead atoms. The molecule has 4 nitrogen and oxygen atoms in total. The van der Waals surface area contributed by atoms with Crippen LogP contribution >= 0.6 is 0 Å². The minimum Gasteiger partial charge on any atom is -0.382 e. The van der Waals surface area contributed by atoms with E-state index in [1.54, 1.807) is 7.11 Å². The molecule has 0 saturated heterocycles. The molecule has 4 heteroatoms. The van der Waals surface area contributed by atoms with Gasteiger partial charge in [0.05, 0.1) is 33.0 Å². The van der Waals surface area contributed by atoms with Crippen molar-refractivity contribution in [2.75, 3.05) is 53.2 Å². The number of hydrogen-bond donors (Lipinski definition) is 1. The fourth-order valence-corrected chi connectivity index (χ4v) is 1.54. The Morgan fingerprint density at radius 2 is 1.50 bits per heavy atom. The topological polar surface area (TPSA) is 39.7 Å². The Labute approximate surface area is 112 Å². The zero-order valence-corrected chi connectivity index (χ0v) is 12.4. The summed E-state index contributed by atoms with van der Waals surface area (Å²) in [6, 6.07) is 0. The SMILES string of the molecule is COCCOCCOCCNCCCCC(C)C.